The molecule has 1 aromatic rings. The molecular weight excluding hydrogens is 202 g/mol. The topological polar surface area (TPSA) is 52.5 Å². The standard InChI is InChI=1S/C13H21NO2/c1-10(2)7-12(9-15)14-8-11-3-5-13(16)6-4-11/h3-6,10,12,14-16H,7-9H2,1-2H3. The van der Waals surface area contributed by atoms with Crippen LogP contribution in [0.4, 0.5) is 0 Å². The number of benzene rings is 1. The van der Waals surface area contributed by atoms with Crippen LogP contribution >= 0.6 is 0 Å². The lowest BCUT2D eigenvalue weighted by Crippen LogP contribution is -2.33. The van der Waals surface area contributed by atoms with E-state index in [0.717, 1.165) is 18.5 Å². The minimum atomic E-state index is 0.147. The molecule has 0 aliphatic heterocycles. The highest BCUT2D eigenvalue weighted by Gasteiger charge is 2.08. The molecule has 0 heterocycles. The Balaban J connectivity index is 2.40. The third kappa shape index (κ3) is 4.64. The largest absolute Gasteiger partial charge is 0.508 e. The molecule has 3 heteroatoms. The van der Waals surface area contributed by atoms with E-state index in [4.69, 9.17) is 5.11 Å². The van der Waals surface area contributed by atoms with Crippen molar-refractivity contribution in [3.05, 3.63) is 29.8 Å². The van der Waals surface area contributed by atoms with Crippen molar-refractivity contribution < 1.29 is 10.2 Å². The first-order valence-electron chi connectivity index (χ1n) is 5.74. The first-order chi connectivity index (χ1) is 7.61. The van der Waals surface area contributed by atoms with Gasteiger partial charge in [-0.1, -0.05) is 26.0 Å². The Labute approximate surface area is 97.1 Å². The van der Waals surface area contributed by atoms with Gasteiger partial charge in [0, 0.05) is 12.6 Å². The van der Waals surface area contributed by atoms with E-state index in [2.05, 4.69) is 19.2 Å². The molecule has 0 radical (unpaired) electrons. The van der Waals surface area contributed by atoms with Crippen molar-refractivity contribution in [2.45, 2.75) is 32.9 Å². The van der Waals surface area contributed by atoms with Gasteiger partial charge in [-0.05, 0) is 30.0 Å². The van der Waals surface area contributed by atoms with Crippen LogP contribution in [0.1, 0.15) is 25.8 Å². The maximum absolute atomic E-state index is 9.19. The molecule has 90 valence electrons. The SMILES string of the molecule is CC(C)CC(CO)NCc1ccc(O)cc1. The minimum absolute atomic E-state index is 0.147. The first kappa shape index (κ1) is 13.0. The van der Waals surface area contributed by atoms with E-state index in [1.165, 1.54) is 0 Å². The zero-order chi connectivity index (χ0) is 12.0. The summed E-state index contributed by atoms with van der Waals surface area (Å²) < 4.78 is 0. The van der Waals surface area contributed by atoms with Crippen LogP contribution in [0.5, 0.6) is 5.75 Å². The fourth-order valence-electron chi connectivity index (χ4n) is 1.67. The zero-order valence-electron chi connectivity index (χ0n) is 9.98. The van der Waals surface area contributed by atoms with Gasteiger partial charge in [0.2, 0.25) is 0 Å². The molecule has 0 saturated carbocycles. The van der Waals surface area contributed by atoms with Crippen molar-refractivity contribution in [1.29, 1.82) is 0 Å². The highest BCUT2D eigenvalue weighted by Crippen LogP contribution is 2.10. The maximum atomic E-state index is 9.19. The predicted octanol–water partition coefficient (Wildman–Crippen LogP) is 1.89. The Morgan fingerprint density at radius 2 is 1.81 bits per heavy atom. The smallest absolute Gasteiger partial charge is 0.115 e. The number of hydrogen-bond acceptors (Lipinski definition) is 3. The average Bonchev–Trinajstić information content (AvgIpc) is 2.26. The lowest BCUT2D eigenvalue weighted by molar-refractivity contribution is 0.223. The Bertz CT molecular complexity index is 295. The lowest BCUT2D eigenvalue weighted by atomic mass is 10.0. The van der Waals surface area contributed by atoms with E-state index >= 15 is 0 Å². The molecule has 1 unspecified atom stereocenters. The number of rotatable bonds is 6. The van der Waals surface area contributed by atoms with Crippen LogP contribution in [0.2, 0.25) is 0 Å². The molecule has 0 fully saturated rings. The second kappa shape index (κ2) is 6.51. The normalized spacial score (nSPS) is 13.0. The highest BCUT2D eigenvalue weighted by molar-refractivity contribution is 5.25. The van der Waals surface area contributed by atoms with Crippen molar-refractivity contribution in [3.8, 4) is 5.75 Å². The fraction of sp³-hybridized carbons (Fsp3) is 0.538. The van der Waals surface area contributed by atoms with Gasteiger partial charge in [0.25, 0.3) is 0 Å². The Kier molecular flexibility index (Phi) is 5.29. The minimum Gasteiger partial charge on any atom is -0.508 e. The molecule has 0 aromatic heterocycles. The van der Waals surface area contributed by atoms with Gasteiger partial charge in [-0.25, -0.2) is 0 Å². The second-order valence-electron chi connectivity index (χ2n) is 4.56. The molecule has 0 amide bonds. The third-order valence-corrected chi connectivity index (χ3v) is 2.51. The van der Waals surface area contributed by atoms with Crippen LogP contribution in [0.15, 0.2) is 24.3 Å². The Morgan fingerprint density at radius 3 is 2.31 bits per heavy atom. The molecule has 3 N–H and O–H groups in total. The van der Waals surface area contributed by atoms with Crippen molar-refractivity contribution in [2.75, 3.05) is 6.61 Å². The van der Waals surface area contributed by atoms with Gasteiger partial charge in [0.1, 0.15) is 5.75 Å². The van der Waals surface area contributed by atoms with Gasteiger partial charge in [0.05, 0.1) is 6.61 Å². The summed E-state index contributed by atoms with van der Waals surface area (Å²) in [5, 5.41) is 21.6. The summed E-state index contributed by atoms with van der Waals surface area (Å²) in [4.78, 5) is 0. The van der Waals surface area contributed by atoms with Crippen LogP contribution in [0, 0.1) is 5.92 Å². The summed E-state index contributed by atoms with van der Waals surface area (Å²) in [6.45, 7) is 5.17. The number of aliphatic hydroxyl groups is 1. The van der Waals surface area contributed by atoms with E-state index in [9.17, 15) is 5.11 Å². The number of phenolic OH excluding ortho intramolecular Hbond substituents is 1. The summed E-state index contributed by atoms with van der Waals surface area (Å²) in [5.41, 5.74) is 1.11. The van der Waals surface area contributed by atoms with Crippen LogP contribution < -0.4 is 5.32 Å². The first-order valence-corrected chi connectivity index (χ1v) is 5.74. The fourth-order valence-corrected chi connectivity index (χ4v) is 1.67. The molecular formula is C13H21NO2. The number of aliphatic hydroxyl groups excluding tert-OH is 1. The van der Waals surface area contributed by atoms with Crippen molar-refractivity contribution in [3.63, 3.8) is 0 Å². The van der Waals surface area contributed by atoms with Crippen molar-refractivity contribution in [1.82, 2.24) is 5.32 Å². The predicted molar refractivity (Wildman–Crippen MR) is 65.3 cm³/mol. The summed E-state index contributed by atoms with van der Waals surface area (Å²) in [7, 11) is 0. The Morgan fingerprint density at radius 1 is 1.19 bits per heavy atom. The molecule has 0 aliphatic carbocycles. The molecule has 3 nitrogen and oxygen atoms in total. The highest BCUT2D eigenvalue weighted by atomic mass is 16.3. The number of phenols is 1. The third-order valence-electron chi connectivity index (χ3n) is 2.51. The van der Waals surface area contributed by atoms with Crippen molar-refractivity contribution in [2.24, 2.45) is 5.92 Å². The zero-order valence-corrected chi connectivity index (χ0v) is 9.98. The number of nitrogens with one attached hydrogen (secondary N) is 1. The van der Waals surface area contributed by atoms with Gasteiger partial charge >= 0.3 is 0 Å². The van der Waals surface area contributed by atoms with Crippen LogP contribution in [-0.4, -0.2) is 22.9 Å². The second-order valence-corrected chi connectivity index (χ2v) is 4.56. The van der Waals surface area contributed by atoms with Gasteiger partial charge in [-0.15, -0.1) is 0 Å². The summed E-state index contributed by atoms with van der Waals surface area (Å²) >= 11 is 0. The lowest BCUT2D eigenvalue weighted by Gasteiger charge is -2.18. The molecule has 0 spiro atoms. The molecule has 1 aromatic carbocycles. The Hall–Kier alpha value is -1.06. The van der Waals surface area contributed by atoms with Gasteiger partial charge in [-0.3, -0.25) is 0 Å². The quantitative estimate of drug-likeness (QED) is 0.690. The summed E-state index contributed by atoms with van der Waals surface area (Å²) in [6, 6.07) is 7.26. The van der Waals surface area contributed by atoms with Crippen molar-refractivity contribution >= 4 is 0 Å². The molecule has 1 rings (SSSR count). The molecule has 0 bridgehead atoms. The molecule has 0 aliphatic rings. The van der Waals surface area contributed by atoms with E-state index in [-0.39, 0.29) is 18.4 Å². The van der Waals surface area contributed by atoms with Crippen LogP contribution in [0.3, 0.4) is 0 Å². The summed E-state index contributed by atoms with van der Waals surface area (Å²) in [6.07, 6.45) is 0.967. The molecule has 0 saturated heterocycles. The van der Waals surface area contributed by atoms with E-state index in [1.54, 1.807) is 12.1 Å². The number of aromatic hydroxyl groups is 1. The van der Waals surface area contributed by atoms with E-state index < -0.39 is 0 Å². The average molecular weight is 223 g/mol. The molecule has 16 heavy (non-hydrogen) atoms. The number of hydrogen-bond donors (Lipinski definition) is 3. The van der Waals surface area contributed by atoms with E-state index in [0.29, 0.717) is 5.92 Å². The van der Waals surface area contributed by atoms with Crippen LogP contribution in [-0.2, 0) is 6.54 Å². The van der Waals surface area contributed by atoms with Gasteiger partial charge in [0.15, 0.2) is 0 Å². The van der Waals surface area contributed by atoms with E-state index in [1.807, 2.05) is 12.1 Å². The molecule has 1 atom stereocenters. The van der Waals surface area contributed by atoms with Gasteiger partial charge in [-0.2, -0.15) is 0 Å². The summed E-state index contributed by atoms with van der Waals surface area (Å²) in [5.74, 6) is 0.856. The van der Waals surface area contributed by atoms with Crippen LogP contribution in [0.25, 0.3) is 0 Å². The monoisotopic (exact) mass is 223 g/mol. The van der Waals surface area contributed by atoms with Gasteiger partial charge < -0.3 is 15.5 Å². The maximum Gasteiger partial charge on any atom is 0.115 e.